The van der Waals surface area contributed by atoms with Gasteiger partial charge in [-0.15, -0.1) is 0 Å². The number of hydrogen-bond acceptors (Lipinski definition) is 4. The van der Waals surface area contributed by atoms with Gasteiger partial charge in [0.1, 0.15) is 0 Å². The lowest BCUT2D eigenvalue weighted by molar-refractivity contribution is -0.137. The summed E-state index contributed by atoms with van der Waals surface area (Å²) in [6.45, 7) is 2.83. The molecule has 0 saturated carbocycles. The van der Waals surface area contributed by atoms with Crippen molar-refractivity contribution in [1.82, 2.24) is 4.90 Å². The number of rotatable bonds is 5. The number of nitrogens with zero attached hydrogens (tertiary/aromatic N) is 1. The summed E-state index contributed by atoms with van der Waals surface area (Å²) < 4.78 is 10.6. The van der Waals surface area contributed by atoms with Gasteiger partial charge in [0.05, 0.1) is 6.42 Å². The van der Waals surface area contributed by atoms with E-state index in [4.69, 9.17) is 14.6 Å². The molecule has 1 N–H and O–H groups in total. The second kappa shape index (κ2) is 5.27. The Hall–Kier alpha value is -1.75. The molecule has 5 heteroatoms. The minimum atomic E-state index is -0.778. The molecular formula is C13H17NO4. The molecule has 98 valence electrons. The van der Waals surface area contributed by atoms with Crippen LogP contribution in [0.25, 0.3) is 0 Å². The van der Waals surface area contributed by atoms with Crippen LogP contribution in [-0.2, 0) is 4.79 Å². The minimum Gasteiger partial charge on any atom is -0.481 e. The van der Waals surface area contributed by atoms with Crippen LogP contribution in [0.5, 0.6) is 11.5 Å². The summed E-state index contributed by atoms with van der Waals surface area (Å²) in [6, 6.07) is 5.96. The SMILES string of the molecule is CC(c1ccc2c(c1)OCO2)N(C)CCC(=O)O. The molecule has 0 bridgehead atoms. The van der Waals surface area contributed by atoms with Gasteiger partial charge in [-0.25, -0.2) is 0 Å². The zero-order valence-corrected chi connectivity index (χ0v) is 10.5. The molecular weight excluding hydrogens is 234 g/mol. The summed E-state index contributed by atoms with van der Waals surface area (Å²) in [5, 5.41) is 8.68. The van der Waals surface area contributed by atoms with Crippen molar-refractivity contribution in [3.8, 4) is 11.5 Å². The highest BCUT2D eigenvalue weighted by Gasteiger charge is 2.18. The fraction of sp³-hybridized carbons (Fsp3) is 0.462. The fourth-order valence-corrected chi connectivity index (χ4v) is 1.89. The smallest absolute Gasteiger partial charge is 0.304 e. The molecule has 0 spiro atoms. The Bertz CT molecular complexity index is 447. The predicted molar refractivity (Wildman–Crippen MR) is 65.9 cm³/mol. The number of hydrogen-bond donors (Lipinski definition) is 1. The third-order valence-electron chi connectivity index (χ3n) is 3.22. The van der Waals surface area contributed by atoms with E-state index in [2.05, 4.69) is 0 Å². The summed E-state index contributed by atoms with van der Waals surface area (Å²) in [4.78, 5) is 12.6. The molecule has 1 aromatic carbocycles. The Morgan fingerprint density at radius 2 is 2.17 bits per heavy atom. The van der Waals surface area contributed by atoms with Crippen LogP contribution in [0.1, 0.15) is 24.9 Å². The van der Waals surface area contributed by atoms with Gasteiger partial charge in [-0.1, -0.05) is 6.07 Å². The van der Waals surface area contributed by atoms with E-state index in [1.807, 2.05) is 37.1 Å². The van der Waals surface area contributed by atoms with E-state index in [1.165, 1.54) is 0 Å². The average Bonchev–Trinajstić information content (AvgIpc) is 2.81. The zero-order chi connectivity index (χ0) is 13.1. The van der Waals surface area contributed by atoms with Gasteiger partial charge >= 0.3 is 5.97 Å². The lowest BCUT2D eigenvalue weighted by Crippen LogP contribution is -2.25. The van der Waals surface area contributed by atoms with Gasteiger partial charge in [0.25, 0.3) is 0 Å². The molecule has 0 radical (unpaired) electrons. The molecule has 1 heterocycles. The number of aliphatic carboxylic acids is 1. The van der Waals surface area contributed by atoms with Crippen LogP contribution in [-0.4, -0.2) is 36.4 Å². The maximum absolute atomic E-state index is 10.6. The van der Waals surface area contributed by atoms with Crippen molar-refractivity contribution in [3.05, 3.63) is 23.8 Å². The van der Waals surface area contributed by atoms with E-state index < -0.39 is 5.97 Å². The normalized spacial score (nSPS) is 14.8. The van der Waals surface area contributed by atoms with E-state index in [9.17, 15) is 4.79 Å². The number of carbonyl (C=O) groups is 1. The van der Waals surface area contributed by atoms with Crippen molar-refractivity contribution in [1.29, 1.82) is 0 Å². The van der Waals surface area contributed by atoms with Gasteiger partial charge in [-0.2, -0.15) is 0 Å². The third-order valence-corrected chi connectivity index (χ3v) is 3.22. The summed E-state index contributed by atoms with van der Waals surface area (Å²) in [5.74, 6) is 0.741. The van der Waals surface area contributed by atoms with E-state index in [-0.39, 0.29) is 19.3 Å². The first-order chi connectivity index (χ1) is 8.58. The molecule has 0 aliphatic carbocycles. The van der Waals surface area contributed by atoms with E-state index in [1.54, 1.807) is 0 Å². The summed E-state index contributed by atoms with van der Waals surface area (Å²) in [6.07, 6.45) is 0.144. The van der Waals surface area contributed by atoms with E-state index in [0.29, 0.717) is 6.54 Å². The number of fused-ring (bicyclic) bond motifs is 1. The van der Waals surface area contributed by atoms with Crippen LogP contribution in [0.3, 0.4) is 0 Å². The van der Waals surface area contributed by atoms with Gasteiger partial charge in [0.2, 0.25) is 6.79 Å². The minimum absolute atomic E-state index is 0.138. The molecule has 18 heavy (non-hydrogen) atoms. The maximum atomic E-state index is 10.6. The van der Waals surface area contributed by atoms with Gasteiger partial charge < -0.3 is 14.6 Å². The molecule has 1 atom stereocenters. The second-order valence-corrected chi connectivity index (χ2v) is 4.41. The van der Waals surface area contributed by atoms with Gasteiger partial charge in [-0.3, -0.25) is 9.69 Å². The highest BCUT2D eigenvalue weighted by molar-refractivity contribution is 5.66. The predicted octanol–water partition coefficient (Wildman–Crippen LogP) is 1.88. The maximum Gasteiger partial charge on any atom is 0.304 e. The number of carboxylic acid groups (broad SMARTS) is 1. The Labute approximate surface area is 106 Å². The summed E-state index contributed by atoms with van der Waals surface area (Å²) >= 11 is 0. The van der Waals surface area contributed by atoms with E-state index >= 15 is 0 Å². The van der Waals surface area contributed by atoms with Crippen LogP contribution in [0.2, 0.25) is 0 Å². The molecule has 0 aromatic heterocycles. The average molecular weight is 251 g/mol. The monoisotopic (exact) mass is 251 g/mol. The third kappa shape index (κ3) is 2.73. The molecule has 2 rings (SSSR count). The molecule has 1 aliphatic heterocycles. The Balaban J connectivity index is 2.04. The Morgan fingerprint density at radius 3 is 2.89 bits per heavy atom. The van der Waals surface area contributed by atoms with Crippen LogP contribution in [0.4, 0.5) is 0 Å². The lowest BCUT2D eigenvalue weighted by Gasteiger charge is -2.24. The molecule has 0 fully saturated rings. The molecule has 5 nitrogen and oxygen atoms in total. The van der Waals surface area contributed by atoms with Crippen molar-refractivity contribution >= 4 is 5.97 Å². The van der Waals surface area contributed by atoms with Crippen molar-refractivity contribution in [2.45, 2.75) is 19.4 Å². The van der Waals surface area contributed by atoms with Gasteiger partial charge in [-0.05, 0) is 31.7 Å². The summed E-state index contributed by atoms with van der Waals surface area (Å²) in [7, 11) is 1.91. The highest BCUT2D eigenvalue weighted by atomic mass is 16.7. The fourth-order valence-electron chi connectivity index (χ4n) is 1.89. The first-order valence-corrected chi connectivity index (χ1v) is 5.89. The summed E-state index contributed by atoms with van der Waals surface area (Å²) in [5.41, 5.74) is 1.09. The first-order valence-electron chi connectivity index (χ1n) is 5.89. The van der Waals surface area contributed by atoms with Gasteiger partial charge in [0, 0.05) is 12.6 Å². The van der Waals surface area contributed by atoms with Gasteiger partial charge in [0.15, 0.2) is 11.5 Å². The largest absolute Gasteiger partial charge is 0.481 e. The number of benzene rings is 1. The van der Waals surface area contributed by atoms with E-state index in [0.717, 1.165) is 17.1 Å². The zero-order valence-electron chi connectivity index (χ0n) is 10.5. The molecule has 1 aromatic rings. The number of carboxylic acids is 1. The second-order valence-electron chi connectivity index (χ2n) is 4.41. The highest BCUT2D eigenvalue weighted by Crippen LogP contribution is 2.35. The van der Waals surface area contributed by atoms with Crippen molar-refractivity contribution in [2.75, 3.05) is 20.4 Å². The quantitative estimate of drug-likeness (QED) is 0.865. The molecule has 0 saturated heterocycles. The lowest BCUT2D eigenvalue weighted by atomic mass is 10.1. The van der Waals surface area contributed by atoms with Crippen LogP contribution in [0.15, 0.2) is 18.2 Å². The molecule has 1 aliphatic rings. The van der Waals surface area contributed by atoms with Crippen molar-refractivity contribution in [2.24, 2.45) is 0 Å². The Kier molecular flexibility index (Phi) is 3.72. The number of ether oxygens (including phenoxy) is 2. The molecule has 0 amide bonds. The van der Waals surface area contributed by atoms with Crippen LogP contribution < -0.4 is 9.47 Å². The van der Waals surface area contributed by atoms with Crippen molar-refractivity contribution in [3.63, 3.8) is 0 Å². The first kappa shape index (κ1) is 12.7. The molecule has 1 unspecified atom stereocenters. The standard InChI is InChI=1S/C13H17NO4/c1-9(14(2)6-5-13(15)16)10-3-4-11-12(7-10)18-8-17-11/h3-4,7,9H,5-6,8H2,1-2H3,(H,15,16). The van der Waals surface area contributed by atoms with Crippen LogP contribution in [0, 0.1) is 0 Å². The van der Waals surface area contributed by atoms with Crippen LogP contribution >= 0.6 is 0 Å². The Morgan fingerprint density at radius 1 is 1.44 bits per heavy atom. The topological polar surface area (TPSA) is 59.0 Å². The van der Waals surface area contributed by atoms with Crippen molar-refractivity contribution < 1.29 is 19.4 Å².